The average molecular weight is 223 g/mol. The van der Waals surface area contributed by atoms with Crippen LogP contribution in [0.15, 0.2) is 11.6 Å². The number of piperidine rings is 1. The molecule has 1 aromatic heterocycles. The fourth-order valence-electron chi connectivity index (χ4n) is 2.87. The van der Waals surface area contributed by atoms with Crippen LogP contribution in [0.5, 0.6) is 0 Å². The molecule has 0 spiro atoms. The third-order valence-corrected chi connectivity index (χ3v) is 4.30. The van der Waals surface area contributed by atoms with Gasteiger partial charge in [0, 0.05) is 30.2 Å². The minimum atomic E-state index is 0.636. The Morgan fingerprint density at radius 2 is 2.33 bits per heavy atom. The van der Waals surface area contributed by atoms with Gasteiger partial charge in [0.05, 0.1) is 0 Å². The summed E-state index contributed by atoms with van der Waals surface area (Å²) in [6, 6.07) is 1.40. The predicted octanol–water partition coefficient (Wildman–Crippen LogP) is 2.18. The van der Waals surface area contributed by atoms with E-state index < -0.39 is 0 Å². The molecule has 1 N–H and O–H groups in total. The number of aromatic nitrogens is 1. The molecular formula is C11H17N3S. The average Bonchev–Trinajstić information content (AvgIpc) is 2.89. The molecule has 1 aromatic rings. The van der Waals surface area contributed by atoms with Crippen LogP contribution in [0.1, 0.15) is 25.7 Å². The lowest BCUT2D eigenvalue weighted by Crippen LogP contribution is -2.41. The molecule has 0 bridgehead atoms. The highest BCUT2D eigenvalue weighted by Crippen LogP contribution is 2.29. The summed E-state index contributed by atoms with van der Waals surface area (Å²) in [6.07, 6.45) is 7.31. The van der Waals surface area contributed by atoms with Gasteiger partial charge in [0.2, 0.25) is 0 Å². The van der Waals surface area contributed by atoms with Gasteiger partial charge in [-0.25, -0.2) is 4.98 Å². The van der Waals surface area contributed by atoms with Gasteiger partial charge >= 0.3 is 0 Å². The molecule has 15 heavy (non-hydrogen) atoms. The molecule has 3 heterocycles. The highest BCUT2D eigenvalue weighted by atomic mass is 32.1. The van der Waals surface area contributed by atoms with Crippen molar-refractivity contribution in [1.82, 2.24) is 9.88 Å². The van der Waals surface area contributed by atoms with Gasteiger partial charge in [0.25, 0.3) is 0 Å². The molecule has 4 heteroatoms. The van der Waals surface area contributed by atoms with Crippen molar-refractivity contribution in [1.29, 1.82) is 0 Å². The molecular weight excluding hydrogens is 206 g/mol. The van der Waals surface area contributed by atoms with Gasteiger partial charge in [-0.3, -0.25) is 4.90 Å². The van der Waals surface area contributed by atoms with Crippen molar-refractivity contribution in [3.8, 4) is 0 Å². The number of thiazole rings is 1. The number of hydrogen-bond acceptors (Lipinski definition) is 4. The Bertz CT molecular complexity index is 312. The lowest BCUT2D eigenvalue weighted by Gasteiger charge is -2.32. The van der Waals surface area contributed by atoms with Crippen molar-refractivity contribution in [2.45, 2.75) is 37.8 Å². The van der Waals surface area contributed by atoms with Crippen LogP contribution in [-0.4, -0.2) is 35.1 Å². The molecule has 0 amide bonds. The fourth-order valence-corrected chi connectivity index (χ4v) is 3.46. The van der Waals surface area contributed by atoms with Crippen LogP contribution in [0, 0.1) is 0 Å². The molecule has 2 aliphatic heterocycles. The quantitative estimate of drug-likeness (QED) is 0.833. The molecule has 0 aliphatic carbocycles. The highest BCUT2D eigenvalue weighted by molar-refractivity contribution is 7.13. The minimum absolute atomic E-state index is 0.636. The molecule has 82 valence electrons. The molecule has 2 fully saturated rings. The second-order valence-electron chi connectivity index (χ2n) is 4.48. The largest absolute Gasteiger partial charge is 0.357 e. The lowest BCUT2D eigenvalue weighted by molar-refractivity contribution is 0.193. The Hall–Kier alpha value is -0.610. The van der Waals surface area contributed by atoms with E-state index in [9.17, 15) is 0 Å². The van der Waals surface area contributed by atoms with Crippen LogP contribution in [0.25, 0.3) is 0 Å². The van der Waals surface area contributed by atoms with Gasteiger partial charge in [-0.15, -0.1) is 11.3 Å². The zero-order chi connectivity index (χ0) is 10.1. The van der Waals surface area contributed by atoms with Crippen LogP contribution in [-0.2, 0) is 0 Å². The van der Waals surface area contributed by atoms with Crippen molar-refractivity contribution in [2.75, 3.05) is 18.4 Å². The third-order valence-electron chi connectivity index (χ3n) is 3.60. The van der Waals surface area contributed by atoms with Crippen molar-refractivity contribution in [2.24, 2.45) is 0 Å². The molecule has 2 unspecified atom stereocenters. The van der Waals surface area contributed by atoms with E-state index in [0.29, 0.717) is 6.04 Å². The van der Waals surface area contributed by atoms with E-state index in [0.717, 1.165) is 11.2 Å². The Labute approximate surface area is 94.5 Å². The molecule has 3 rings (SSSR count). The van der Waals surface area contributed by atoms with E-state index in [1.54, 1.807) is 11.3 Å². The van der Waals surface area contributed by atoms with Gasteiger partial charge < -0.3 is 5.32 Å². The topological polar surface area (TPSA) is 28.2 Å². The fraction of sp³-hybridized carbons (Fsp3) is 0.727. The molecule has 2 saturated heterocycles. The molecule has 0 saturated carbocycles. The second kappa shape index (κ2) is 4.10. The van der Waals surface area contributed by atoms with Crippen LogP contribution >= 0.6 is 11.3 Å². The molecule has 2 atom stereocenters. The molecule has 3 nitrogen and oxygen atoms in total. The summed E-state index contributed by atoms with van der Waals surface area (Å²) >= 11 is 1.71. The van der Waals surface area contributed by atoms with E-state index in [4.69, 9.17) is 0 Å². The van der Waals surface area contributed by atoms with E-state index in [2.05, 4.69) is 15.2 Å². The standard InChI is InChI=1S/C11H17N3S/c1-2-6-14-7-4-9(10(14)3-1)13-11-12-5-8-15-11/h5,8-10H,1-4,6-7H2,(H,12,13). The van der Waals surface area contributed by atoms with Crippen LogP contribution in [0.4, 0.5) is 5.13 Å². The van der Waals surface area contributed by atoms with E-state index >= 15 is 0 Å². The first kappa shape index (κ1) is 9.60. The zero-order valence-corrected chi connectivity index (χ0v) is 9.67. The summed E-state index contributed by atoms with van der Waals surface area (Å²) in [5.74, 6) is 0. The lowest BCUT2D eigenvalue weighted by atomic mass is 9.99. The second-order valence-corrected chi connectivity index (χ2v) is 5.37. The van der Waals surface area contributed by atoms with Crippen LogP contribution in [0.2, 0.25) is 0 Å². The molecule has 0 aromatic carbocycles. The zero-order valence-electron chi connectivity index (χ0n) is 8.85. The Balaban J connectivity index is 1.67. The Morgan fingerprint density at radius 1 is 1.33 bits per heavy atom. The summed E-state index contributed by atoms with van der Waals surface area (Å²) in [5.41, 5.74) is 0. The Morgan fingerprint density at radius 3 is 3.20 bits per heavy atom. The van der Waals surface area contributed by atoms with E-state index in [1.165, 1.54) is 38.8 Å². The number of nitrogens with zero attached hydrogens (tertiary/aromatic N) is 2. The maximum absolute atomic E-state index is 4.31. The van der Waals surface area contributed by atoms with Gasteiger partial charge in [-0.05, 0) is 25.8 Å². The first-order valence-corrected chi connectivity index (χ1v) is 6.71. The number of hydrogen-bond donors (Lipinski definition) is 1. The van der Waals surface area contributed by atoms with Gasteiger partial charge in [-0.1, -0.05) is 6.42 Å². The number of nitrogens with one attached hydrogen (secondary N) is 1. The normalized spacial score (nSPS) is 31.5. The first-order valence-electron chi connectivity index (χ1n) is 5.83. The van der Waals surface area contributed by atoms with Crippen molar-refractivity contribution < 1.29 is 0 Å². The van der Waals surface area contributed by atoms with E-state index in [-0.39, 0.29) is 0 Å². The summed E-state index contributed by atoms with van der Waals surface area (Å²) in [7, 11) is 0. The smallest absolute Gasteiger partial charge is 0.182 e. The summed E-state index contributed by atoms with van der Waals surface area (Å²) < 4.78 is 0. The summed E-state index contributed by atoms with van der Waals surface area (Å²) in [5, 5.41) is 6.71. The maximum atomic E-state index is 4.31. The number of anilines is 1. The maximum Gasteiger partial charge on any atom is 0.182 e. The number of rotatable bonds is 2. The molecule has 2 aliphatic rings. The van der Waals surface area contributed by atoms with Gasteiger partial charge in [0.1, 0.15) is 0 Å². The number of fused-ring (bicyclic) bond motifs is 1. The van der Waals surface area contributed by atoms with Crippen LogP contribution in [0.3, 0.4) is 0 Å². The van der Waals surface area contributed by atoms with Crippen molar-refractivity contribution in [3.63, 3.8) is 0 Å². The first-order chi connectivity index (χ1) is 7.43. The molecule has 0 radical (unpaired) electrons. The summed E-state index contributed by atoms with van der Waals surface area (Å²) in [4.78, 5) is 6.95. The van der Waals surface area contributed by atoms with E-state index in [1.807, 2.05) is 11.6 Å². The third kappa shape index (κ3) is 1.88. The summed E-state index contributed by atoms with van der Waals surface area (Å²) in [6.45, 7) is 2.58. The van der Waals surface area contributed by atoms with Gasteiger partial charge in [-0.2, -0.15) is 0 Å². The Kier molecular flexibility index (Phi) is 2.63. The van der Waals surface area contributed by atoms with Crippen LogP contribution < -0.4 is 5.32 Å². The highest BCUT2D eigenvalue weighted by Gasteiger charge is 2.35. The predicted molar refractivity (Wildman–Crippen MR) is 63.4 cm³/mol. The van der Waals surface area contributed by atoms with Crippen molar-refractivity contribution in [3.05, 3.63) is 11.6 Å². The van der Waals surface area contributed by atoms with Gasteiger partial charge in [0.15, 0.2) is 5.13 Å². The minimum Gasteiger partial charge on any atom is -0.357 e. The van der Waals surface area contributed by atoms with Crippen molar-refractivity contribution >= 4 is 16.5 Å². The monoisotopic (exact) mass is 223 g/mol. The SMILES string of the molecule is c1csc(NC2CCN3CCCCC23)n1.